The molecule has 2 N–H and O–H groups in total. The Morgan fingerprint density at radius 3 is 2.70 bits per heavy atom. The van der Waals surface area contributed by atoms with E-state index < -0.39 is 23.4 Å². The molecule has 5 rings (SSSR count). The van der Waals surface area contributed by atoms with Crippen molar-refractivity contribution in [3.05, 3.63) is 58.3 Å². The number of anilines is 2. The van der Waals surface area contributed by atoms with E-state index in [1.54, 1.807) is 0 Å². The first-order chi connectivity index (χ1) is 19.0. The number of pyridine rings is 3. The number of nitrogens with one attached hydrogen (secondary N) is 2. The maximum atomic E-state index is 13.3. The van der Waals surface area contributed by atoms with Crippen molar-refractivity contribution in [1.29, 1.82) is 5.26 Å². The molecule has 0 radical (unpaired) electrons. The molecular formula is C24H19F3N8O5. The van der Waals surface area contributed by atoms with Crippen LogP contribution in [0.15, 0.2) is 41.6 Å². The van der Waals surface area contributed by atoms with Crippen molar-refractivity contribution in [3.8, 4) is 23.4 Å². The molecule has 1 amide bonds. The summed E-state index contributed by atoms with van der Waals surface area (Å²) in [5.74, 6) is 0.107. The van der Waals surface area contributed by atoms with Crippen LogP contribution in [0.4, 0.5) is 29.6 Å². The average Bonchev–Trinajstić information content (AvgIpc) is 3.19. The second-order valence-corrected chi connectivity index (χ2v) is 8.66. The quantitative estimate of drug-likeness (QED) is 0.362. The van der Waals surface area contributed by atoms with Gasteiger partial charge in [-0.2, -0.15) is 23.4 Å². The number of carbonyl (C=O) groups excluding carboxylic acids is 1. The second-order valence-electron chi connectivity index (χ2n) is 8.66. The van der Waals surface area contributed by atoms with Gasteiger partial charge < -0.3 is 34.0 Å². The highest BCUT2D eigenvalue weighted by Gasteiger charge is 2.32. The molecule has 1 fully saturated rings. The standard InChI is InChI=1S/C24H19F3N8O5/c1-34-9-12(24(25,26)27)5-16(21(34)36)32-22-33-20-19(35(22)2)15(7-28)17(8-30-20)39-14-3-4-29-18(6-14)40-23(37)31-13-10-38-11-13/h3-6,8-9,13H,10-11H2,1-2H3,(H,31,37)(H,30,32,33). The lowest BCUT2D eigenvalue weighted by Gasteiger charge is -2.26. The van der Waals surface area contributed by atoms with Crippen LogP contribution in [0.25, 0.3) is 11.2 Å². The molecule has 1 aliphatic rings. The normalized spacial score (nSPS) is 13.4. The molecule has 13 nitrogen and oxygen atoms in total. The number of imidazole rings is 1. The fourth-order valence-corrected chi connectivity index (χ4v) is 3.78. The molecule has 40 heavy (non-hydrogen) atoms. The number of carbonyl (C=O) groups is 1. The molecule has 0 unspecified atom stereocenters. The summed E-state index contributed by atoms with van der Waals surface area (Å²) >= 11 is 0. The zero-order valence-corrected chi connectivity index (χ0v) is 20.8. The minimum Gasteiger partial charge on any atom is -0.454 e. The number of ether oxygens (including phenoxy) is 3. The fraction of sp³-hybridized carbons (Fsp3) is 0.250. The number of rotatable bonds is 6. The third-order valence-electron chi connectivity index (χ3n) is 5.82. The summed E-state index contributed by atoms with van der Waals surface area (Å²) in [6, 6.07) is 5.36. The van der Waals surface area contributed by atoms with Crippen LogP contribution >= 0.6 is 0 Å². The predicted molar refractivity (Wildman–Crippen MR) is 131 cm³/mol. The summed E-state index contributed by atoms with van der Waals surface area (Å²) < 4.78 is 58.0. The van der Waals surface area contributed by atoms with E-state index in [0.29, 0.717) is 25.5 Å². The summed E-state index contributed by atoms with van der Waals surface area (Å²) in [4.78, 5) is 36.9. The minimum atomic E-state index is -4.68. The molecule has 4 aromatic heterocycles. The van der Waals surface area contributed by atoms with Gasteiger partial charge in [-0.25, -0.2) is 14.8 Å². The highest BCUT2D eigenvalue weighted by Crippen LogP contribution is 2.33. The summed E-state index contributed by atoms with van der Waals surface area (Å²) in [7, 11) is 2.69. The molecule has 0 aliphatic carbocycles. The first-order valence-electron chi connectivity index (χ1n) is 11.5. The predicted octanol–water partition coefficient (Wildman–Crippen LogP) is 2.98. The number of halogens is 3. The van der Waals surface area contributed by atoms with E-state index >= 15 is 0 Å². The third-order valence-corrected chi connectivity index (χ3v) is 5.82. The molecule has 1 aliphatic heterocycles. The van der Waals surface area contributed by atoms with Gasteiger partial charge in [-0.15, -0.1) is 0 Å². The van der Waals surface area contributed by atoms with Gasteiger partial charge in [-0.1, -0.05) is 0 Å². The SMILES string of the molecule is Cn1cc(C(F)(F)F)cc(Nc2nc3ncc(Oc4ccnc(OC(=O)NC5COC5)c4)c(C#N)c3n2C)c1=O. The van der Waals surface area contributed by atoms with E-state index in [1.807, 2.05) is 6.07 Å². The van der Waals surface area contributed by atoms with Crippen molar-refractivity contribution < 1.29 is 32.2 Å². The summed E-state index contributed by atoms with van der Waals surface area (Å²) in [6.07, 6.45) is -2.13. The van der Waals surface area contributed by atoms with Crippen LogP contribution in [0, 0.1) is 11.3 Å². The van der Waals surface area contributed by atoms with Crippen molar-refractivity contribution in [3.63, 3.8) is 0 Å². The zero-order chi connectivity index (χ0) is 28.6. The molecule has 0 bridgehead atoms. The van der Waals surface area contributed by atoms with Gasteiger partial charge in [0.1, 0.15) is 28.6 Å². The molecule has 0 atom stereocenters. The number of fused-ring (bicyclic) bond motifs is 1. The Kier molecular flexibility index (Phi) is 6.73. The minimum absolute atomic E-state index is 0.00648. The van der Waals surface area contributed by atoms with Gasteiger partial charge in [0.05, 0.1) is 31.0 Å². The van der Waals surface area contributed by atoms with Gasteiger partial charge in [0, 0.05) is 32.6 Å². The number of amides is 1. The van der Waals surface area contributed by atoms with Gasteiger partial charge in [-0.05, 0) is 12.1 Å². The number of aromatic nitrogens is 5. The molecule has 5 heterocycles. The molecule has 16 heteroatoms. The maximum absolute atomic E-state index is 13.3. The Bertz CT molecular complexity index is 1720. The molecule has 4 aromatic rings. The Morgan fingerprint density at radius 1 is 1.25 bits per heavy atom. The third kappa shape index (κ3) is 5.22. The molecule has 0 saturated carbocycles. The molecule has 0 aromatic carbocycles. The van der Waals surface area contributed by atoms with Gasteiger partial charge in [-0.3, -0.25) is 4.79 Å². The first-order valence-corrected chi connectivity index (χ1v) is 11.5. The Morgan fingerprint density at radius 2 is 2.02 bits per heavy atom. The largest absolute Gasteiger partial charge is 0.454 e. The average molecular weight is 556 g/mol. The topological polar surface area (TPSA) is 158 Å². The summed E-state index contributed by atoms with van der Waals surface area (Å²) in [5.41, 5.74) is -1.84. The number of aryl methyl sites for hydroxylation is 2. The van der Waals surface area contributed by atoms with E-state index in [0.717, 1.165) is 4.57 Å². The van der Waals surface area contributed by atoms with E-state index in [4.69, 9.17) is 14.2 Å². The van der Waals surface area contributed by atoms with Crippen LogP contribution in [0.5, 0.6) is 17.4 Å². The molecular weight excluding hydrogens is 537 g/mol. The number of nitriles is 1. The van der Waals surface area contributed by atoms with Crippen molar-refractivity contribution in [2.24, 2.45) is 14.1 Å². The lowest BCUT2D eigenvalue weighted by atomic mass is 10.2. The number of alkyl halides is 3. The van der Waals surface area contributed by atoms with Crippen LogP contribution < -0.4 is 25.7 Å². The maximum Gasteiger partial charge on any atom is 0.417 e. The summed E-state index contributed by atoms with van der Waals surface area (Å²) in [6.45, 7) is 0.778. The molecule has 1 saturated heterocycles. The van der Waals surface area contributed by atoms with Crippen molar-refractivity contribution in [2.75, 3.05) is 18.5 Å². The number of hydrogen-bond donors (Lipinski definition) is 2. The van der Waals surface area contributed by atoms with E-state index in [2.05, 4.69) is 25.6 Å². The van der Waals surface area contributed by atoms with Crippen LogP contribution in [-0.2, 0) is 25.0 Å². The molecule has 206 valence electrons. The van der Waals surface area contributed by atoms with Crippen LogP contribution in [-0.4, -0.2) is 49.4 Å². The lowest BCUT2D eigenvalue weighted by Crippen LogP contribution is -2.49. The highest BCUT2D eigenvalue weighted by molar-refractivity contribution is 5.84. The van der Waals surface area contributed by atoms with Gasteiger partial charge >= 0.3 is 12.3 Å². The Balaban J connectivity index is 1.43. The van der Waals surface area contributed by atoms with E-state index in [-0.39, 0.29) is 51.8 Å². The number of nitrogens with zero attached hydrogens (tertiary/aromatic N) is 6. The second kappa shape index (κ2) is 10.2. The lowest BCUT2D eigenvalue weighted by molar-refractivity contribution is -0.138. The van der Waals surface area contributed by atoms with Gasteiger partial charge in [0.25, 0.3) is 5.56 Å². The van der Waals surface area contributed by atoms with Crippen LogP contribution in [0.1, 0.15) is 11.1 Å². The van der Waals surface area contributed by atoms with Gasteiger partial charge in [0.2, 0.25) is 11.8 Å². The molecule has 0 spiro atoms. The monoisotopic (exact) mass is 556 g/mol. The van der Waals surface area contributed by atoms with Crippen LogP contribution in [0.2, 0.25) is 0 Å². The van der Waals surface area contributed by atoms with Crippen molar-refractivity contribution in [2.45, 2.75) is 12.2 Å². The smallest absolute Gasteiger partial charge is 0.417 e. The van der Waals surface area contributed by atoms with Crippen molar-refractivity contribution >= 4 is 28.9 Å². The summed E-state index contributed by atoms with van der Waals surface area (Å²) in [5, 5.41) is 15.1. The van der Waals surface area contributed by atoms with E-state index in [9.17, 15) is 28.0 Å². The van der Waals surface area contributed by atoms with Crippen LogP contribution in [0.3, 0.4) is 0 Å². The fourth-order valence-electron chi connectivity index (χ4n) is 3.78. The Hall–Kier alpha value is -5.17. The Labute approximate surface area is 222 Å². The first kappa shape index (κ1) is 26.4. The van der Waals surface area contributed by atoms with Crippen molar-refractivity contribution in [1.82, 2.24) is 29.4 Å². The zero-order valence-electron chi connectivity index (χ0n) is 20.8. The number of hydrogen-bond acceptors (Lipinski definition) is 10. The van der Waals surface area contributed by atoms with Gasteiger partial charge in [0.15, 0.2) is 11.4 Å². The highest BCUT2D eigenvalue weighted by atomic mass is 19.4. The van der Waals surface area contributed by atoms with E-state index in [1.165, 1.54) is 43.2 Å².